The van der Waals surface area contributed by atoms with E-state index in [1.54, 1.807) is 12.1 Å². The maximum atomic E-state index is 9.83. The topological polar surface area (TPSA) is 61.7 Å². The highest BCUT2D eigenvalue weighted by atomic mass is 35.5. The number of aliphatic hydroxyl groups is 2. The molecule has 0 saturated carbocycles. The maximum Gasteiger partial charge on any atom is 0.119 e. The molecule has 0 aliphatic carbocycles. The first kappa shape index (κ1) is 18.2. The average molecular weight is 316 g/mol. The molecule has 1 aromatic rings. The molecule has 2 unspecified atom stereocenters. The van der Waals surface area contributed by atoms with Gasteiger partial charge in [-0.15, -0.1) is 0 Å². The molecule has 0 heterocycles. The van der Waals surface area contributed by atoms with Crippen LogP contribution < -0.4 is 10.1 Å². The Balaban J connectivity index is 2.21. The molecule has 0 radical (unpaired) electrons. The zero-order valence-electron chi connectivity index (χ0n) is 13.0. The molecule has 3 N–H and O–H groups in total. The van der Waals surface area contributed by atoms with Gasteiger partial charge in [-0.25, -0.2) is 0 Å². The van der Waals surface area contributed by atoms with Crippen LogP contribution in [0.3, 0.4) is 0 Å². The van der Waals surface area contributed by atoms with Gasteiger partial charge >= 0.3 is 0 Å². The van der Waals surface area contributed by atoms with Crippen LogP contribution in [0.5, 0.6) is 5.75 Å². The van der Waals surface area contributed by atoms with Crippen LogP contribution in [0.15, 0.2) is 18.2 Å². The second-order valence-corrected chi connectivity index (χ2v) is 6.22. The van der Waals surface area contributed by atoms with Gasteiger partial charge < -0.3 is 20.3 Å². The SMILES string of the molecule is Cc1cc(OCC(O)CNCC(O)CC(C)C)ccc1Cl. The monoisotopic (exact) mass is 315 g/mol. The lowest BCUT2D eigenvalue weighted by atomic mass is 10.1. The Hall–Kier alpha value is -0.810. The molecule has 0 aromatic heterocycles. The van der Waals surface area contributed by atoms with Gasteiger partial charge in [0.05, 0.1) is 6.10 Å². The minimum atomic E-state index is -0.618. The van der Waals surface area contributed by atoms with Crippen molar-refractivity contribution in [2.75, 3.05) is 19.7 Å². The van der Waals surface area contributed by atoms with Crippen molar-refractivity contribution in [1.82, 2.24) is 5.32 Å². The van der Waals surface area contributed by atoms with Crippen LogP contribution in [-0.4, -0.2) is 42.1 Å². The summed E-state index contributed by atoms with van der Waals surface area (Å²) in [5, 5.41) is 23.3. The molecule has 2 atom stereocenters. The first-order chi connectivity index (χ1) is 9.88. The lowest BCUT2D eigenvalue weighted by Gasteiger charge is -2.17. The van der Waals surface area contributed by atoms with E-state index in [4.69, 9.17) is 16.3 Å². The predicted molar refractivity (Wildman–Crippen MR) is 86.0 cm³/mol. The Kier molecular flexibility index (Phi) is 8.04. The summed E-state index contributed by atoms with van der Waals surface area (Å²) in [7, 11) is 0. The molecule has 0 saturated heterocycles. The number of halogens is 1. The molecule has 0 amide bonds. The van der Waals surface area contributed by atoms with Gasteiger partial charge in [-0.05, 0) is 43.0 Å². The highest BCUT2D eigenvalue weighted by Crippen LogP contribution is 2.21. The number of hydrogen-bond donors (Lipinski definition) is 3. The molecule has 5 heteroatoms. The van der Waals surface area contributed by atoms with E-state index in [2.05, 4.69) is 19.2 Å². The van der Waals surface area contributed by atoms with Gasteiger partial charge in [0.25, 0.3) is 0 Å². The normalized spacial score (nSPS) is 14.2. The Morgan fingerprint density at radius 1 is 1.19 bits per heavy atom. The van der Waals surface area contributed by atoms with E-state index in [1.165, 1.54) is 0 Å². The van der Waals surface area contributed by atoms with Crippen LogP contribution >= 0.6 is 11.6 Å². The molecule has 4 nitrogen and oxygen atoms in total. The lowest BCUT2D eigenvalue weighted by molar-refractivity contribution is 0.0965. The van der Waals surface area contributed by atoms with Crippen LogP contribution in [0.1, 0.15) is 25.8 Å². The summed E-state index contributed by atoms with van der Waals surface area (Å²) in [4.78, 5) is 0. The smallest absolute Gasteiger partial charge is 0.119 e. The first-order valence-electron chi connectivity index (χ1n) is 7.34. The van der Waals surface area contributed by atoms with Crippen molar-refractivity contribution >= 4 is 11.6 Å². The zero-order valence-corrected chi connectivity index (χ0v) is 13.7. The predicted octanol–water partition coefficient (Wildman–Crippen LogP) is 2.38. The number of benzene rings is 1. The van der Waals surface area contributed by atoms with Crippen molar-refractivity contribution in [3.8, 4) is 5.75 Å². The Labute approximate surface area is 132 Å². The van der Waals surface area contributed by atoms with Crippen molar-refractivity contribution in [3.05, 3.63) is 28.8 Å². The van der Waals surface area contributed by atoms with Gasteiger partial charge in [0, 0.05) is 18.1 Å². The average Bonchev–Trinajstić information content (AvgIpc) is 2.39. The summed E-state index contributed by atoms with van der Waals surface area (Å²) < 4.78 is 5.51. The zero-order chi connectivity index (χ0) is 15.8. The van der Waals surface area contributed by atoms with Crippen LogP contribution in [-0.2, 0) is 0 Å². The van der Waals surface area contributed by atoms with Crippen LogP contribution in [0, 0.1) is 12.8 Å². The van der Waals surface area contributed by atoms with E-state index in [9.17, 15) is 10.2 Å². The van der Waals surface area contributed by atoms with Crippen LogP contribution in [0.2, 0.25) is 5.02 Å². The summed E-state index contributed by atoms with van der Waals surface area (Å²) >= 11 is 5.94. The van der Waals surface area contributed by atoms with Crippen molar-refractivity contribution in [2.24, 2.45) is 5.92 Å². The fourth-order valence-corrected chi connectivity index (χ4v) is 2.12. The second kappa shape index (κ2) is 9.26. The summed E-state index contributed by atoms with van der Waals surface area (Å²) in [6.45, 7) is 7.12. The molecule has 21 heavy (non-hydrogen) atoms. The number of hydrogen-bond acceptors (Lipinski definition) is 4. The number of ether oxygens (including phenoxy) is 1. The fraction of sp³-hybridized carbons (Fsp3) is 0.625. The minimum absolute atomic E-state index is 0.203. The van der Waals surface area contributed by atoms with E-state index in [-0.39, 0.29) is 12.7 Å². The van der Waals surface area contributed by atoms with Gasteiger partial charge in [0.15, 0.2) is 0 Å². The van der Waals surface area contributed by atoms with Crippen LogP contribution in [0.25, 0.3) is 0 Å². The molecule has 0 fully saturated rings. The first-order valence-corrected chi connectivity index (χ1v) is 7.72. The van der Waals surface area contributed by atoms with E-state index in [0.717, 1.165) is 12.0 Å². The molecule has 0 aliphatic rings. The molecule has 1 rings (SSSR count). The van der Waals surface area contributed by atoms with Crippen LogP contribution in [0.4, 0.5) is 0 Å². The fourth-order valence-electron chi connectivity index (χ4n) is 2.00. The molecule has 120 valence electrons. The maximum absolute atomic E-state index is 9.83. The molecular weight excluding hydrogens is 290 g/mol. The molecule has 0 bridgehead atoms. The van der Waals surface area contributed by atoms with Crippen molar-refractivity contribution in [3.63, 3.8) is 0 Å². The minimum Gasteiger partial charge on any atom is -0.491 e. The number of aliphatic hydroxyl groups excluding tert-OH is 2. The third-order valence-electron chi connectivity index (χ3n) is 3.08. The van der Waals surface area contributed by atoms with Gasteiger partial charge in [0.1, 0.15) is 18.5 Å². The summed E-state index contributed by atoms with van der Waals surface area (Å²) in [6, 6.07) is 5.40. The largest absolute Gasteiger partial charge is 0.491 e. The Bertz CT molecular complexity index is 426. The Morgan fingerprint density at radius 3 is 2.48 bits per heavy atom. The Morgan fingerprint density at radius 2 is 1.86 bits per heavy atom. The van der Waals surface area contributed by atoms with Crippen molar-refractivity contribution in [1.29, 1.82) is 0 Å². The highest BCUT2D eigenvalue weighted by Gasteiger charge is 2.09. The van der Waals surface area contributed by atoms with Crippen molar-refractivity contribution < 1.29 is 14.9 Å². The summed E-state index contributed by atoms with van der Waals surface area (Å²) in [6.07, 6.45) is -0.242. The van der Waals surface area contributed by atoms with E-state index >= 15 is 0 Å². The van der Waals surface area contributed by atoms with E-state index in [1.807, 2.05) is 13.0 Å². The van der Waals surface area contributed by atoms with E-state index < -0.39 is 6.10 Å². The highest BCUT2D eigenvalue weighted by molar-refractivity contribution is 6.31. The van der Waals surface area contributed by atoms with Gasteiger partial charge in [-0.2, -0.15) is 0 Å². The number of aryl methyl sites for hydroxylation is 1. The molecule has 0 spiro atoms. The quantitative estimate of drug-likeness (QED) is 0.655. The summed E-state index contributed by atoms with van der Waals surface area (Å²) in [5.41, 5.74) is 0.943. The number of rotatable bonds is 9. The van der Waals surface area contributed by atoms with E-state index in [0.29, 0.717) is 29.8 Å². The van der Waals surface area contributed by atoms with Gasteiger partial charge in [-0.1, -0.05) is 25.4 Å². The third-order valence-corrected chi connectivity index (χ3v) is 3.50. The number of nitrogens with one attached hydrogen (secondary N) is 1. The van der Waals surface area contributed by atoms with Gasteiger partial charge in [0.2, 0.25) is 0 Å². The second-order valence-electron chi connectivity index (χ2n) is 5.82. The molecular formula is C16H26ClNO3. The van der Waals surface area contributed by atoms with Crippen molar-refractivity contribution in [2.45, 2.75) is 39.4 Å². The molecule has 0 aliphatic heterocycles. The lowest BCUT2D eigenvalue weighted by Crippen LogP contribution is -2.36. The third kappa shape index (κ3) is 7.67. The standard InChI is InChI=1S/C16H26ClNO3/c1-11(2)6-13(19)8-18-9-14(20)10-21-15-4-5-16(17)12(3)7-15/h4-5,7,11,13-14,18-20H,6,8-10H2,1-3H3. The molecule has 1 aromatic carbocycles. The summed E-state index contributed by atoms with van der Waals surface area (Å²) in [5.74, 6) is 1.15. The van der Waals surface area contributed by atoms with Gasteiger partial charge in [-0.3, -0.25) is 0 Å².